The Hall–Kier alpha value is -1.01. The average Bonchev–Trinajstić information content (AvgIpc) is 2.71. The standard InChI is InChI=1S/C13H14BrF2NO2/c1-7-8(13(18)19)4-5-17(7)6-9-11(15)3-2-10(14)12(9)16/h2-3,7-8H,4-6H2,1H3,(H,18,19). The lowest BCUT2D eigenvalue weighted by Crippen LogP contribution is -2.33. The number of carboxylic acid groups (broad SMARTS) is 1. The second-order valence-electron chi connectivity index (χ2n) is 4.77. The molecule has 0 aromatic heterocycles. The summed E-state index contributed by atoms with van der Waals surface area (Å²) in [5.41, 5.74) is -0.0211. The summed E-state index contributed by atoms with van der Waals surface area (Å²) in [5, 5.41) is 9.04. The third kappa shape index (κ3) is 2.79. The smallest absolute Gasteiger partial charge is 0.308 e. The van der Waals surface area contributed by atoms with Crippen LogP contribution < -0.4 is 0 Å². The zero-order valence-electron chi connectivity index (χ0n) is 10.4. The van der Waals surface area contributed by atoms with Gasteiger partial charge in [0.1, 0.15) is 11.6 Å². The van der Waals surface area contributed by atoms with Gasteiger partial charge in [0.2, 0.25) is 0 Å². The molecular formula is C13H14BrF2NO2. The number of likely N-dealkylation sites (tertiary alicyclic amines) is 1. The zero-order valence-corrected chi connectivity index (χ0v) is 12.0. The lowest BCUT2D eigenvalue weighted by molar-refractivity contribution is -0.142. The predicted octanol–water partition coefficient (Wildman–Crippen LogP) is 3.02. The van der Waals surface area contributed by atoms with E-state index in [2.05, 4.69) is 15.9 Å². The second kappa shape index (κ2) is 5.54. The maximum Gasteiger partial charge on any atom is 0.308 e. The lowest BCUT2D eigenvalue weighted by atomic mass is 10.0. The van der Waals surface area contributed by atoms with Gasteiger partial charge in [-0.2, -0.15) is 0 Å². The molecule has 6 heteroatoms. The van der Waals surface area contributed by atoms with Gasteiger partial charge in [-0.25, -0.2) is 8.78 Å². The number of nitrogens with zero attached hydrogens (tertiary/aromatic N) is 1. The highest BCUT2D eigenvalue weighted by atomic mass is 79.9. The molecular weight excluding hydrogens is 320 g/mol. The van der Waals surface area contributed by atoms with Crippen molar-refractivity contribution in [2.75, 3.05) is 6.54 Å². The van der Waals surface area contributed by atoms with E-state index in [-0.39, 0.29) is 22.6 Å². The summed E-state index contributed by atoms with van der Waals surface area (Å²) < 4.78 is 27.7. The molecule has 0 radical (unpaired) electrons. The lowest BCUT2D eigenvalue weighted by Gasteiger charge is -2.23. The minimum Gasteiger partial charge on any atom is -0.481 e. The van der Waals surface area contributed by atoms with E-state index >= 15 is 0 Å². The Morgan fingerprint density at radius 3 is 2.79 bits per heavy atom. The molecule has 2 rings (SSSR count). The fraction of sp³-hybridized carbons (Fsp3) is 0.462. The molecule has 1 saturated heterocycles. The van der Waals surface area contributed by atoms with Crippen molar-refractivity contribution in [2.24, 2.45) is 5.92 Å². The summed E-state index contributed by atoms with van der Waals surface area (Å²) in [5.74, 6) is -2.55. The number of aliphatic carboxylic acids is 1. The van der Waals surface area contributed by atoms with Crippen LogP contribution in [-0.2, 0) is 11.3 Å². The Kier molecular flexibility index (Phi) is 4.20. The van der Waals surface area contributed by atoms with Crippen LogP contribution in [0.25, 0.3) is 0 Å². The first-order valence-electron chi connectivity index (χ1n) is 6.01. The molecule has 0 bridgehead atoms. The van der Waals surface area contributed by atoms with E-state index in [1.807, 2.05) is 0 Å². The molecule has 0 spiro atoms. The van der Waals surface area contributed by atoms with Crippen LogP contribution in [0.2, 0.25) is 0 Å². The Bertz CT molecular complexity index is 510. The quantitative estimate of drug-likeness (QED) is 0.864. The van der Waals surface area contributed by atoms with Crippen LogP contribution >= 0.6 is 15.9 Å². The third-order valence-corrected chi connectivity index (χ3v) is 4.32. The molecule has 0 aliphatic carbocycles. The molecule has 1 aromatic carbocycles. The Labute approximate surface area is 118 Å². The van der Waals surface area contributed by atoms with Crippen LogP contribution in [0.4, 0.5) is 8.78 Å². The number of halogens is 3. The van der Waals surface area contributed by atoms with Gasteiger partial charge in [-0.05, 0) is 48.0 Å². The zero-order chi connectivity index (χ0) is 14.2. The van der Waals surface area contributed by atoms with Gasteiger partial charge >= 0.3 is 5.97 Å². The van der Waals surface area contributed by atoms with E-state index in [0.29, 0.717) is 13.0 Å². The molecule has 1 fully saturated rings. The van der Waals surface area contributed by atoms with E-state index in [1.54, 1.807) is 11.8 Å². The third-order valence-electron chi connectivity index (χ3n) is 3.70. The molecule has 104 valence electrons. The largest absolute Gasteiger partial charge is 0.481 e. The molecule has 0 saturated carbocycles. The van der Waals surface area contributed by atoms with Crippen molar-refractivity contribution in [1.82, 2.24) is 4.90 Å². The molecule has 1 N–H and O–H groups in total. The van der Waals surface area contributed by atoms with Gasteiger partial charge in [0, 0.05) is 18.2 Å². The van der Waals surface area contributed by atoms with E-state index < -0.39 is 23.5 Å². The molecule has 1 aliphatic rings. The van der Waals surface area contributed by atoms with E-state index in [1.165, 1.54) is 12.1 Å². The maximum absolute atomic E-state index is 13.9. The van der Waals surface area contributed by atoms with Gasteiger partial charge in [-0.1, -0.05) is 0 Å². The molecule has 0 amide bonds. The summed E-state index contributed by atoms with van der Waals surface area (Å²) in [6.07, 6.45) is 0.508. The predicted molar refractivity (Wildman–Crippen MR) is 69.7 cm³/mol. The highest BCUT2D eigenvalue weighted by Crippen LogP contribution is 2.29. The molecule has 1 heterocycles. The molecule has 1 aliphatic heterocycles. The van der Waals surface area contributed by atoms with Crippen molar-refractivity contribution in [3.8, 4) is 0 Å². The number of benzene rings is 1. The van der Waals surface area contributed by atoms with Crippen molar-refractivity contribution in [1.29, 1.82) is 0 Å². The van der Waals surface area contributed by atoms with E-state index in [4.69, 9.17) is 5.11 Å². The van der Waals surface area contributed by atoms with Gasteiger partial charge in [0.15, 0.2) is 0 Å². The number of hydrogen-bond acceptors (Lipinski definition) is 2. The fourth-order valence-electron chi connectivity index (χ4n) is 2.47. The Morgan fingerprint density at radius 2 is 2.21 bits per heavy atom. The van der Waals surface area contributed by atoms with Crippen LogP contribution in [0.5, 0.6) is 0 Å². The highest BCUT2D eigenvalue weighted by molar-refractivity contribution is 9.10. The summed E-state index contributed by atoms with van der Waals surface area (Å²) in [6, 6.07) is 2.30. The molecule has 1 aromatic rings. The highest BCUT2D eigenvalue weighted by Gasteiger charge is 2.36. The molecule has 19 heavy (non-hydrogen) atoms. The van der Waals surface area contributed by atoms with Crippen molar-refractivity contribution in [3.63, 3.8) is 0 Å². The van der Waals surface area contributed by atoms with Gasteiger partial charge in [-0.15, -0.1) is 0 Å². The maximum atomic E-state index is 13.9. The number of carbonyl (C=O) groups is 1. The summed E-state index contributed by atoms with van der Waals surface area (Å²) >= 11 is 3.03. The summed E-state index contributed by atoms with van der Waals surface area (Å²) in [4.78, 5) is 12.8. The van der Waals surface area contributed by atoms with Crippen LogP contribution in [0.15, 0.2) is 16.6 Å². The van der Waals surface area contributed by atoms with Crippen LogP contribution in [-0.4, -0.2) is 28.6 Å². The minimum absolute atomic E-state index is 0.0211. The second-order valence-corrected chi connectivity index (χ2v) is 5.62. The van der Waals surface area contributed by atoms with Crippen LogP contribution in [0.3, 0.4) is 0 Å². The van der Waals surface area contributed by atoms with Gasteiger partial charge < -0.3 is 5.11 Å². The van der Waals surface area contributed by atoms with Gasteiger partial charge in [-0.3, -0.25) is 9.69 Å². The molecule has 3 nitrogen and oxygen atoms in total. The van der Waals surface area contributed by atoms with Crippen molar-refractivity contribution in [2.45, 2.75) is 25.9 Å². The molecule has 2 atom stereocenters. The SMILES string of the molecule is CC1C(C(=O)O)CCN1Cc1c(F)ccc(Br)c1F. The normalized spacial score (nSPS) is 23.8. The van der Waals surface area contributed by atoms with Gasteiger partial charge in [0.25, 0.3) is 0 Å². The first-order chi connectivity index (χ1) is 8.91. The topological polar surface area (TPSA) is 40.5 Å². The first-order valence-corrected chi connectivity index (χ1v) is 6.80. The van der Waals surface area contributed by atoms with E-state index in [9.17, 15) is 13.6 Å². The number of hydrogen-bond donors (Lipinski definition) is 1. The minimum atomic E-state index is -0.856. The van der Waals surface area contributed by atoms with Crippen molar-refractivity contribution >= 4 is 21.9 Å². The first kappa shape index (κ1) is 14.4. The average molecular weight is 334 g/mol. The Balaban J connectivity index is 2.19. The van der Waals surface area contributed by atoms with Crippen LogP contribution in [0.1, 0.15) is 18.9 Å². The number of carboxylic acids is 1. The number of rotatable bonds is 3. The summed E-state index contributed by atoms with van der Waals surface area (Å²) in [6.45, 7) is 2.39. The van der Waals surface area contributed by atoms with Gasteiger partial charge in [0.05, 0.1) is 10.4 Å². The summed E-state index contributed by atoms with van der Waals surface area (Å²) in [7, 11) is 0. The van der Waals surface area contributed by atoms with E-state index in [0.717, 1.165) is 0 Å². The van der Waals surface area contributed by atoms with Crippen LogP contribution in [0, 0.1) is 17.6 Å². The monoisotopic (exact) mass is 333 g/mol. The van der Waals surface area contributed by atoms with Crippen molar-refractivity contribution < 1.29 is 18.7 Å². The Morgan fingerprint density at radius 1 is 1.53 bits per heavy atom. The fourth-order valence-corrected chi connectivity index (χ4v) is 2.85. The molecule has 2 unspecified atom stereocenters. The van der Waals surface area contributed by atoms with Crippen molar-refractivity contribution in [3.05, 3.63) is 33.8 Å².